The summed E-state index contributed by atoms with van der Waals surface area (Å²) < 4.78 is 2.15. The molecule has 0 aliphatic carbocycles. The van der Waals surface area contributed by atoms with E-state index in [-0.39, 0.29) is 12.3 Å². The second-order valence-electron chi connectivity index (χ2n) is 6.15. The van der Waals surface area contributed by atoms with Crippen molar-refractivity contribution in [3.8, 4) is 11.4 Å². The van der Waals surface area contributed by atoms with Crippen molar-refractivity contribution in [3.63, 3.8) is 0 Å². The van der Waals surface area contributed by atoms with Crippen molar-refractivity contribution in [2.45, 2.75) is 39.7 Å². The van der Waals surface area contributed by atoms with E-state index in [0.29, 0.717) is 0 Å². The molecule has 0 unspecified atom stereocenters. The van der Waals surface area contributed by atoms with Crippen LogP contribution in [0.3, 0.4) is 0 Å². The van der Waals surface area contributed by atoms with Crippen LogP contribution in [-0.2, 0) is 17.8 Å². The Morgan fingerprint density at radius 3 is 2.96 bits per heavy atom. The molecule has 2 aromatic heterocycles. The summed E-state index contributed by atoms with van der Waals surface area (Å²) >= 11 is 0. The summed E-state index contributed by atoms with van der Waals surface area (Å²) in [5, 5.41) is 9.88. The second kappa shape index (κ2) is 7.79. The highest BCUT2D eigenvalue weighted by molar-refractivity contribution is 5.92. The Morgan fingerprint density at radius 2 is 2.20 bits per heavy atom. The molecule has 0 spiro atoms. The summed E-state index contributed by atoms with van der Waals surface area (Å²) in [6, 6.07) is 9.66. The summed E-state index contributed by atoms with van der Waals surface area (Å²) in [5.41, 5.74) is 3.44. The molecule has 0 aliphatic heterocycles. The molecule has 0 atom stereocenters. The zero-order valence-electron chi connectivity index (χ0n) is 14.6. The zero-order valence-corrected chi connectivity index (χ0v) is 14.6. The number of hydrogen-bond acceptors (Lipinski definition) is 3. The van der Waals surface area contributed by atoms with Crippen LogP contribution in [0.15, 0.2) is 42.7 Å². The number of hydrogen-bond donors (Lipinski definition) is 2. The molecule has 130 valence electrons. The Kier molecular flexibility index (Phi) is 5.28. The number of nitrogens with one attached hydrogen (secondary N) is 2. The molecule has 0 saturated carbocycles. The highest BCUT2D eigenvalue weighted by atomic mass is 16.1. The minimum atomic E-state index is -0.0852. The maximum atomic E-state index is 12.2. The molecule has 0 radical (unpaired) electrons. The number of nitrogens with zero attached hydrogens (tertiary/aromatic N) is 3. The fraction of sp³-hybridized carbons (Fsp3) is 0.316. The number of aromatic amines is 1. The van der Waals surface area contributed by atoms with E-state index in [1.54, 1.807) is 0 Å². The quantitative estimate of drug-likeness (QED) is 0.692. The van der Waals surface area contributed by atoms with Crippen molar-refractivity contribution in [3.05, 3.63) is 54.1 Å². The Bertz CT molecular complexity index is 849. The van der Waals surface area contributed by atoms with Gasteiger partial charge in [0.2, 0.25) is 5.91 Å². The number of aryl methyl sites for hydroxylation is 2. The molecule has 0 fully saturated rings. The van der Waals surface area contributed by atoms with Gasteiger partial charge >= 0.3 is 0 Å². The van der Waals surface area contributed by atoms with Crippen molar-refractivity contribution < 1.29 is 4.79 Å². The summed E-state index contributed by atoms with van der Waals surface area (Å²) in [6.07, 6.45) is 6.31. The lowest BCUT2D eigenvalue weighted by molar-refractivity contribution is -0.115. The van der Waals surface area contributed by atoms with E-state index < -0.39 is 0 Å². The highest BCUT2D eigenvalue weighted by Crippen LogP contribution is 2.22. The van der Waals surface area contributed by atoms with Crippen LogP contribution in [0.4, 0.5) is 5.69 Å². The number of aromatic nitrogens is 4. The van der Waals surface area contributed by atoms with Gasteiger partial charge in [-0.15, -0.1) is 0 Å². The van der Waals surface area contributed by atoms with Gasteiger partial charge < -0.3 is 9.88 Å². The highest BCUT2D eigenvalue weighted by Gasteiger charge is 2.09. The molecule has 25 heavy (non-hydrogen) atoms. The van der Waals surface area contributed by atoms with E-state index in [2.05, 4.69) is 32.0 Å². The second-order valence-corrected chi connectivity index (χ2v) is 6.15. The lowest BCUT2D eigenvalue weighted by atomic mass is 10.1. The number of carbonyl (C=O) groups is 1. The van der Waals surface area contributed by atoms with Gasteiger partial charge in [-0.3, -0.25) is 9.89 Å². The number of imidazole rings is 1. The molecule has 0 bridgehead atoms. The van der Waals surface area contributed by atoms with Crippen LogP contribution in [0.5, 0.6) is 0 Å². The van der Waals surface area contributed by atoms with E-state index in [1.165, 1.54) is 0 Å². The van der Waals surface area contributed by atoms with Crippen molar-refractivity contribution in [1.29, 1.82) is 0 Å². The average molecular weight is 337 g/mol. The lowest BCUT2D eigenvalue weighted by Gasteiger charge is -2.09. The third kappa shape index (κ3) is 4.35. The predicted octanol–water partition coefficient (Wildman–Crippen LogP) is 3.56. The van der Waals surface area contributed by atoms with E-state index in [1.807, 2.05) is 49.6 Å². The number of amides is 1. The first-order valence-electron chi connectivity index (χ1n) is 8.58. The Morgan fingerprint density at radius 1 is 1.32 bits per heavy atom. The van der Waals surface area contributed by atoms with Crippen molar-refractivity contribution in [2.75, 3.05) is 5.32 Å². The first-order chi connectivity index (χ1) is 12.2. The molecule has 1 amide bonds. The molecule has 0 aliphatic rings. The van der Waals surface area contributed by atoms with E-state index in [4.69, 9.17) is 0 Å². The van der Waals surface area contributed by atoms with Crippen molar-refractivity contribution in [1.82, 2.24) is 19.7 Å². The van der Waals surface area contributed by atoms with Gasteiger partial charge in [-0.2, -0.15) is 5.10 Å². The number of carbonyl (C=O) groups excluding carboxylic acids is 1. The largest absolute Gasteiger partial charge is 0.331 e. The monoisotopic (exact) mass is 337 g/mol. The standard InChI is InChI=1S/C19H23N5O/c1-3-4-9-24-10-8-20-19(24)15-6-5-7-16(12-15)21-18(25)13-17-11-14(2)22-23-17/h5-8,10-12H,3-4,9,13H2,1-2H3,(H,21,25)(H,22,23). The Balaban J connectivity index is 1.71. The molecule has 0 saturated heterocycles. The summed E-state index contributed by atoms with van der Waals surface area (Å²) in [7, 11) is 0. The number of anilines is 1. The number of H-pyrrole nitrogens is 1. The predicted molar refractivity (Wildman–Crippen MR) is 98.2 cm³/mol. The van der Waals surface area contributed by atoms with Crippen LogP contribution >= 0.6 is 0 Å². The molecule has 2 heterocycles. The normalized spacial score (nSPS) is 10.8. The number of rotatable bonds is 7. The van der Waals surface area contributed by atoms with Gasteiger partial charge in [0, 0.05) is 35.9 Å². The smallest absolute Gasteiger partial charge is 0.230 e. The average Bonchev–Trinajstić information content (AvgIpc) is 3.22. The molecule has 3 rings (SSSR count). The summed E-state index contributed by atoms with van der Waals surface area (Å²) in [6.45, 7) is 5.03. The lowest BCUT2D eigenvalue weighted by Crippen LogP contribution is -2.14. The minimum Gasteiger partial charge on any atom is -0.331 e. The minimum absolute atomic E-state index is 0.0852. The third-order valence-corrected chi connectivity index (χ3v) is 3.97. The Hall–Kier alpha value is -2.89. The van der Waals surface area contributed by atoms with E-state index in [0.717, 1.165) is 47.8 Å². The Labute approximate surface area is 147 Å². The molecule has 1 aromatic carbocycles. The zero-order chi connectivity index (χ0) is 17.6. The topological polar surface area (TPSA) is 75.6 Å². The molecule has 6 heteroatoms. The summed E-state index contributed by atoms with van der Waals surface area (Å²) in [4.78, 5) is 16.7. The molecule has 3 aromatic rings. The fourth-order valence-electron chi connectivity index (χ4n) is 2.75. The van der Waals surface area contributed by atoms with Crippen molar-refractivity contribution in [2.24, 2.45) is 0 Å². The maximum absolute atomic E-state index is 12.2. The number of benzene rings is 1. The first kappa shape index (κ1) is 17.0. The van der Waals surface area contributed by atoms with Crippen LogP contribution < -0.4 is 5.32 Å². The van der Waals surface area contributed by atoms with Crippen LogP contribution in [-0.4, -0.2) is 25.7 Å². The van der Waals surface area contributed by atoms with Crippen molar-refractivity contribution >= 4 is 11.6 Å². The maximum Gasteiger partial charge on any atom is 0.230 e. The van der Waals surface area contributed by atoms with Gasteiger partial charge in [0.1, 0.15) is 5.82 Å². The summed E-state index contributed by atoms with van der Waals surface area (Å²) in [5.74, 6) is 0.838. The molecule has 2 N–H and O–H groups in total. The molecular weight excluding hydrogens is 314 g/mol. The first-order valence-corrected chi connectivity index (χ1v) is 8.58. The molecular formula is C19H23N5O. The van der Waals surface area contributed by atoms with Gasteiger partial charge in [-0.25, -0.2) is 4.98 Å². The van der Waals surface area contributed by atoms with E-state index in [9.17, 15) is 4.79 Å². The third-order valence-electron chi connectivity index (χ3n) is 3.97. The van der Waals surface area contributed by atoms with Crippen LogP contribution in [0.2, 0.25) is 0 Å². The van der Waals surface area contributed by atoms with Gasteiger partial charge in [-0.1, -0.05) is 25.5 Å². The van der Waals surface area contributed by atoms with Crippen LogP contribution in [0.1, 0.15) is 31.2 Å². The SMILES string of the molecule is CCCCn1ccnc1-c1cccc(NC(=O)Cc2cc(C)[nH]n2)c1. The van der Waals surface area contributed by atoms with Gasteiger partial charge in [-0.05, 0) is 31.5 Å². The van der Waals surface area contributed by atoms with Gasteiger partial charge in [0.15, 0.2) is 0 Å². The van der Waals surface area contributed by atoms with Crippen LogP contribution in [0.25, 0.3) is 11.4 Å². The van der Waals surface area contributed by atoms with Gasteiger partial charge in [0.05, 0.1) is 12.1 Å². The number of unbranched alkanes of at least 4 members (excludes halogenated alkanes) is 1. The van der Waals surface area contributed by atoms with Gasteiger partial charge in [0.25, 0.3) is 0 Å². The fourth-order valence-corrected chi connectivity index (χ4v) is 2.75. The molecule has 6 nitrogen and oxygen atoms in total. The van der Waals surface area contributed by atoms with Crippen LogP contribution in [0, 0.1) is 6.92 Å². The van der Waals surface area contributed by atoms with E-state index >= 15 is 0 Å².